The van der Waals surface area contributed by atoms with Gasteiger partial charge in [-0.1, -0.05) is 109 Å². The van der Waals surface area contributed by atoms with Gasteiger partial charge in [-0.05, 0) is 35.7 Å². The predicted molar refractivity (Wildman–Crippen MR) is 161 cm³/mol. The van der Waals surface area contributed by atoms with Gasteiger partial charge in [-0.25, -0.2) is 0 Å². The summed E-state index contributed by atoms with van der Waals surface area (Å²) in [5, 5.41) is 9.97. The maximum absolute atomic E-state index is 10.3. The van der Waals surface area contributed by atoms with Gasteiger partial charge < -0.3 is 18.9 Å². The largest absolute Gasteiger partial charge is 0.374 e. The molecular weight excluding hydrogens is 530 g/mol. The van der Waals surface area contributed by atoms with Crippen molar-refractivity contribution in [3.8, 4) is 6.07 Å². The number of rotatable bonds is 12. The van der Waals surface area contributed by atoms with E-state index in [4.69, 9.17) is 18.9 Å². The molecule has 41 heavy (non-hydrogen) atoms. The minimum atomic E-state index is -0.705. The molecule has 0 aromatic heterocycles. The Labute approximate surface area is 247 Å². The van der Waals surface area contributed by atoms with Gasteiger partial charge in [0.1, 0.15) is 18.3 Å². The molecule has 1 fully saturated rings. The highest BCUT2D eigenvalue weighted by Gasteiger charge is 2.48. The van der Waals surface area contributed by atoms with Crippen molar-refractivity contribution < 1.29 is 18.9 Å². The number of aryl methyl sites for hydroxylation is 1. The highest BCUT2D eigenvalue weighted by Crippen LogP contribution is 2.38. The van der Waals surface area contributed by atoms with Gasteiger partial charge in [0, 0.05) is 4.90 Å². The van der Waals surface area contributed by atoms with Gasteiger partial charge in [0.25, 0.3) is 0 Å². The summed E-state index contributed by atoms with van der Waals surface area (Å²) in [5.41, 5.74) is 4.38. The molecule has 5 atom stereocenters. The van der Waals surface area contributed by atoms with Gasteiger partial charge in [0.15, 0.2) is 6.10 Å². The zero-order valence-electron chi connectivity index (χ0n) is 23.2. The van der Waals surface area contributed by atoms with E-state index < -0.39 is 24.4 Å². The lowest BCUT2D eigenvalue weighted by Crippen LogP contribution is -2.59. The first-order chi connectivity index (χ1) is 20.2. The maximum Gasteiger partial charge on any atom is 0.159 e. The lowest BCUT2D eigenvalue weighted by Gasteiger charge is -2.44. The molecule has 5 rings (SSSR count). The fourth-order valence-corrected chi connectivity index (χ4v) is 6.07. The molecule has 0 bridgehead atoms. The number of nitriles is 1. The second-order valence-corrected chi connectivity index (χ2v) is 11.4. The first-order valence-corrected chi connectivity index (χ1v) is 14.8. The first-order valence-electron chi connectivity index (χ1n) is 13.9. The Morgan fingerprint density at radius 1 is 0.683 bits per heavy atom. The van der Waals surface area contributed by atoms with Gasteiger partial charge in [-0.2, -0.15) is 5.26 Å². The van der Waals surface area contributed by atoms with Crippen LogP contribution in [0, 0.1) is 18.3 Å². The minimum Gasteiger partial charge on any atom is -0.374 e. The van der Waals surface area contributed by atoms with Crippen LogP contribution < -0.4 is 0 Å². The molecule has 4 aromatic carbocycles. The Morgan fingerprint density at radius 2 is 1.20 bits per heavy atom. The van der Waals surface area contributed by atoms with Gasteiger partial charge in [-0.15, -0.1) is 11.8 Å². The molecule has 0 unspecified atom stereocenters. The van der Waals surface area contributed by atoms with Crippen LogP contribution >= 0.6 is 11.8 Å². The summed E-state index contributed by atoms with van der Waals surface area (Å²) in [6, 6.07) is 40.9. The summed E-state index contributed by atoms with van der Waals surface area (Å²) >= 11 is 1.60. The number of hydrogen-bond acceptors (Lipinski definition) is 6. The van der Waals surface area contributed by atoms with E-state index in [1.807, 2.05) is 91.0 Å². The predicted octanol–water partition coefficient (Wildman–Crippen LogP) is 7.13. The molecule has 0 saturated carbocycles. The summed E-state index contributed by atoms with van der Waals surface area (Å²) in [7, 11) is 0. The van der Waals surface area contributed by atoms with E-state index in [9.17, 15) is 5.26 Å². The SMILES string of the molecule is Cc1ccc(S[C@@H]2[C@@H](OCc3ccccc3)[C@H](OCc3ccccc3)[C@@H](COCc3ccccc3)O[C@H]2C#N)cc1. The van der Waals surface area contributed by atoms with Crippen molar-refractivity contribution in [1.82, 2.24) is 0 Å². The van der Waals surface area contributed by atoms with Gasteiger partial charge in [0.2, 0.25) is 0 Å². The topological polar surface area (TPSA) is 60.7 Å². The Morgan fingerprint density at radius 3 is 1.73 bits per heavy atom. The molecule has 1 heterocycles. The number of ether oxygens (including phenoxy) is 4. The van der Waals surface area contributed by atoms with Crippen LogP contribution in [0.25, 0.3) is 0 Å². The molecule has 0 aliphatic carbocycles. The van der Waals surface area contributed by atoms with Crippen molar-refractivity contribution in [2.45, 2.75) is 61.3 Å². The van der Waals surface area contributed by atoms with Gasteiger partial charge in [-0.3, -0.25) is 0 Å². The Hall–Kier alpha value is -3.44. The Balaban J connectivity index is 1.42. The summed E-state index contributed by atoms with van der Waals surface area (Å²) < 4.78 is 25.9. The third kappa shape index (κ3) is 8.29. The zero-order chi connectivity index (χ0) is 28.3. The molecule has 5 nitrogen and oxygen atoms in total. The number of thioether (sulfide) groups is 1. The summed E-state index contributed by atoms with van der Waals surface area (Å²) in [6.07, 6.45) is -2.07. The number of hydrogen-bond donors (Lipinski definition) is 0. The highest BCUT2D eigenvalue weighted by molar-refractivity contribution is 8.00. The van der Waals surface area contributed by atoms with Crippen molar-refractivity contribution in [2.24, 2.45) is 0 Å². The van der Waals surface area contributed by atoms with Crippen LogP contribution in [0.1, 0.15) is 22.3 Å². The van der Waals surface area contributed by atoms with E-state index >= 15 is 0 Å². The van der Waals surface area contributed by atoms with E-state index in [-0.39, 0.29) is 11.9 Å². The molecule has 1 aliphatic rings. The van der Waals surface area contributed by atoms with E-state index in [1.165, 1.54) is 5.56 Å². The van der Waals surface area contributed by atoms with Crippen LogP contribution in [-0.4, -0.2) is 36.3 Å². The van der Waals surface area contributed by atoms with E-state index in [0.717, 1.165) is 21.6 Å². The molecule has 0 radical (unpaired) electrons. The van der Waals surface area contributed by atoms with E-state index in [0.29, 0.717) is 19.8 Å². The smallest absolute Gasteiger partial charge is 0.159 e. The van der Waals surface area contributed by atoms with Crippen molar-refractivity contribution >= 4 is 11.8 Å². The quantitative estimate of drug-likeness (QED) is 0.182. The second kappa shape index (κ2) is 15.0. The van der Waals surface area contributed by atoms with Crippen LogP contribution in [0.2, 0.25) is 0 Å². The van der Waals surface area contributed by atoms with E-state index in [1.54, 1.807) is 11.8 Å². The fraction of sp³-hybridized carbons (Fsp3) is 0.286. The average Bonchev–Trinajstić information content (AvgIpc) is 3.02. The summed E-state index contributed by atoms with van der Waals surface area (Å²) in [6.45, 7) is 3.58. The fourth-order valence-electron chi connectivity index (χ4n) is 4.85. The Bertz CT molecular complexity index is 1360. The zero-order valence-corrected chi connectivity index (χ0v) is 24.0. The number of nitrogens with zero attached hydrogens (tertiary/aromatic N) is 1. The average molecular weight is 566 g/mol. The third-order valence-electron chi connectivity index (χ3n) is 7.02. The molecular formula is C35H35NO4S. The Kier molecular flexibility index (Phi) is 10.6. The van der Waals surface area contributed by atoms with Gasteiger partial charge in [0.05, 0.1) is 37.7 Å². The minimum absolute atomic E-state index is 0.277. The lowest BCUT2D eigenvalue weighted by molar-refractivity contribution is -0.207. The normalized spacial score (nSPS) is 22.2. The second-order valence-electron chi connectivity index (χ2n) is 10.1. The van der Waals surface area contributed by atoms with Crippen LogP contribution in [0.4, 0.5) is 0 Å². The third-order valence-corrected chi connectivity index (χ3v) is 8.35. The standard InChI is InChI=1S/C35H35NO4S/c1-26-17-19-30(20-18-26)41-35-31(21-36)40-32(25-37-22-27-11-5-2-6-12-27)33(38-23-28-13-7-3-8-14-28)34(35)39-24-29-15-9-4-10-16-29/h2-20,31-35H,22-25H2,1H3/t31-,32+,33+,34-,35-/m0/s1. The first kappa shape index (κ1) is 29.1. The molecule has 0 N–H and O–H groups in total. The van der Waals surface area contributed by atoms with Crippen LogP contribution in [0.5, 0.6) is 0 Å². The molecule has 210 valence electrons. The van der Waals surface area contributed by atoms with Crippen molar-refractivity contribution in [3.63, 3.8) is 0 Å². The van der Waals surface area contributed by atoms with Crippen LogP contribution in [0.3, 0.4) is 0 Å². The van der Waals surface area contributed by atoms with Crippen LogP contribution in [0.15, 0.2) is 120 Å². The molecule has 0 spiro atoms. The molecule has 4 aromatic rings. The molecule has 1 aliphatic heterocycles. The molecule has 1 saturated heterocycles. The maximum atomic E-state index is 10.3. The van der Waals surface area contributed by atoms with Crippen molar-refractivity contribution in [2.75, 3.05) is 6.61 Å². The summed E-state index contributed by atoms with van der Waals surface area (Å²) in [5.74, 6) is 0. The van der Waals surface area contributed by atoms with E-state index in [2.05, 4.69) is 37.3 Å². The lowest BCUT2D eigenvalue weighted by atomic mass is 9.97. The van der Waals surface area contributed by atoms with Crippen molar-refractivity contribution in [3.05, 3.63) is 138 Å². The molecule has 0 amide bonds. The van der Waals surface area contributed by atoms with Crippen molar-refractivity contribution in [1.29, 1.82) is 5.26 Å². The van der Waals surface area contributed by atoms with Gasteiger partial charge >= 0.3 is 0 Å². The highest BCUT2D eigenvalue weighted by atomic mass is 32.2. The van der Waals surface area contributed by atoms with Crippen LogP contribution in [-0.2, 0) is 38.8 Å². The molecule has 6 heteroatoms. The summed E-state index contributed by atoms with van der Waals surface area (Å²) in [4.78, 5) is 1.05. The number of benzene rings is 4. The monoisotopic (exact) mass is 565 g/mol.